The van der Waals surface area contributed by atoms with Crippen LogP contribution < -0.4 is 14.8 Å². The number of hydrogen-bond donors (Lipinski definition) is 1. The molecule has 0 saturated carbocycles. The first-order chi connectivity index (χ1) is 18.4. The van der Waals surface area contributed by atoms with Crippen molar-refractivity contribution in [2.75, 3.05) is 20.8 Å². The Morgan fingerprint density at radius 2 is 1.55 bits per heavy atom. The maximum Gasteiger partial charge on any atom is 0.243 e. The highest BCUT2D eigenvalue weighted by atomic mass is 16.5. The Bertz CT molecular complexity index is 1160. The molecule has 1 unspecified atom stereocenters. The second-order valence-corrected chi connectivity index (χ2v) is 9.55. The van der Waals surface area contributed by atoms with E-state index >= 15 is 0 Å². The predicted molar refractivity (Wildman–Crippen MR) is 151 cm³/mol. The van der Waals surface area contributed by atoms with Crippen molar-refractivity contribution in [2.45, 2.75) is 58.5 Å². The quantitative estimate of drug-likeness (QED) is 0.287. The Balaban J connectivity index is 1.88. The van der Waals surface area contributed by atoms with Crippen molar-refractivity contribution in [1.29, 1.82) is 0 Å². The molecule has 0 fully saturated rings. The van der Waals surface area contributed by atoms with Crippen LogP contribution in [0.5, 0.6) is 11.5 Å². The lowest BCUT2D eigenvalue weighted by Crippen LogP contribution is -2.50. The number of unbranched alkanes of at least 4 members (excludes halogenated alkanes) is 1. The van der Waals surface area contributed by atoms with Gasteiger partial charge >= 0.3 is 0 Å². The molecule has 0 saturated heterocycles. The lowest BCUT2D eigenvalue weighted by molar-refractivity contribution is -0.141. The molecule has 0 spiro atoms. The maximum absolute atomic E-state index is 13.8. The largest absolute Gasteiger partial charge is 0.493 e. The van der Waals surface area contributed by atoms with Crippen molar-refractivity contribution < 1.29 is 19.1 Å². The van der Waals surface area contributed by atoms with Crippen molar-refractivity contribution in [2.24, 2.45) is 0 Å². The number of benzene rings is 3. The van der Waals surface area contributed by atoms with Crippen molar-refractivity contribution in [3.05, 3.63) is 95.1 Å². The summed E-state index contributed by atoms with van der Waals surface area (Å²) in [5.74, 6) is 1.10. The first-order valence-electron chi connectivity index (χ1n) is 13.3. The number of amides is 2. The topological polar surface area (TPSA) is 67.9 Å². The van der Waals surface area contributed by atoms with E-state index in [1.807, 2.05) is 79.7 Å². The van der Waals surface area contributed by atoms with E-state index in [2.05, 4.69) is 12.2 Å². The Kier molecular flexibility index (Phi) is 11.2. The molecule has 0 aliphatic rings. The van der Waals surface area contributed by atoms with Gasteiger partial charge in [-0.15, -0.1) is 0 Å². The van der Waals surface area contributed by atoms with Crippen molar-refractivity contribution in [3.63, 3.8) is 0 Å². The van der Waals surface area contributed by atoms with Crippen LogP contribution in [-0.2, 0) is 29.0 Å². The van der Waals surface area contributed by atoms with Gasteiger partial charge in [-0.2, -0.15) is 0 Å². The SMILES string of the molecule is CCCCNC(=O)C(Cc1ccccc1)N(Cc1ccc(C)cc1)C(=O)CCc1ccc(OC)c(OC)c1. The molecule has 0 radical (unpaired) electrons. The highest BCUT2D eigenvalue weighted by molar-refractivity contribution is 5.88. The fourth-order valence-electron chi connectivity index (χ4n) is 4.38. The third-order valence-corrected chi connectivity index (χ3v) is 6.65. The normalized spacial score (nSPS) is 11.5. The number of ether oxygens (including phenoxy) is 2. The molecule has 38 heavy (non-hydrogen) atoms. The summed E-state index contributed by atoms with van der Waals surface area (Å²) < 4.78 is 10.8. The Morgan fingerprint density at radius 3 is 2.21 bits per heavy atom. The van der Waals surface area contributed by atoms with Gasteiger partial charge < -0.3 is 19.7 Å². The average Bonchev–Trinajstić information content (AvgIpc) is 2.95. The van der Waals surface area contributed by atoms with Gasteiger partial charge in [-0.25, -0.2) is 0 Å². The zero-order chi connectivity index (χ0) is 27.3. The fraction of sp³-hybridized carbons (Fsp3) is 0.375. The first kappa shape index (κ1) is 28.8. The molecule has 6 heteroatoms. The van der Waals surface area contributed by atoms with Crippen LogP contribution in [0.1, 0.15) is 48.4 Å². The van der Waals surface area contributed by atoms with Gasteiger partial charge in [0.2, 0.25) is 11.8 Å². The Hall–Kier alpha value is -3.80. The molecule has 3 aromatic rings. The van der Waals surface area contributed by atoms with Gasteiger partial charge in [0, 0.05) is 25.9 Å². The summed E-state index contributed by atoms with van der Waals surface area (Å²) in [5, 5.41) is 3.07. The van der Waals surface area contributed by atoms with Crippen LogP contribution in [0, 0.1) is 6.92 Å². The number of carbonyl (C=O) groups excluding carboxylic acids is 2. The highest BCUT2D eigenvalue weighted by Gasteiger charge is 2.30. The molecule has 6 nitrogen and oxygen atoms in total. The molecule has 1 N–H and O–H groups in total. The third kappa shape index (κ3) is 8.37. The van der Waals surface area contributed by atoms with Crippen LogP contribution in [0.3, 0.4) is 0 Å². The van der Waals surface area contributed by atoms with Gasteiger partial charge in [0.15, 0.2) is 11.5 Å². The van der Waals surface area contributed by atoms with E-state index in [-0.39, 0.29) is 18.2 Å². The van der Waals surface area contributed by atoms with E-state index < -0.39 is 6.04 Å². The molecule has 0 heterocycles. The zero-order valence-electron chi connectivity index (χ0n) is 23.0. The van der Waals surface area contributed by atoms with E-state index in [1.54, 1.807) is 19.1 Å². The monoisotopic (exact) mass is 516 g/mol. The number of aryl methyl sites for hydroxylation is 2. The zero-order valence-corrected chi connectivity index (χ0v) is 23.0. The molecular weight excluding hydrogens is 476 g/mol. The molecule has 3 aromatic carbocycles. The summed E-state index contributed by atoms with van der Waals surface area (Å²) in [6.07, 6.45) is 3.14. The lowest BCUT2D eigenvalue weighted by Gasteiger charge is -2.32. The molecule has 0 bridgehead atoms. The molecular formula is C32H40N2O4. The van der Waals surface area contributed by atoms with Gasteiger partial charge in [-0.3, -0.25) is 9.59 Å². The van der Waals surface area contributed by atoms with Crippen molar-refractivity contribution in [3.8, 4) is 11.5 Å². The molecule has 1 atom stereocenters. The molecule has 202 valence electrons. The average molecular weight is 517 g/mol. The van der Waals surface area contributed by atoms with Gasteiger partial charge in [-0.05, 0) is 48.6 Å². The second-order valence-electron chi connectivity index (χ2n) is 9.55. The number of methoxy groups -OCH3 is 2. The minimum Gasteiger partial charge on any atom is -0.493 e. The molecule has 0 aliphatic carbocycles. The van der Waals surface area contributed by atoms with Crippen LogP contribution in [0.4, 0.5) is 0 Å². The first-order valence-corrected chi connectivity index (χ1v) is 13.3. The Labute approximate surface area is 227 Å². The molecule has 0 aliphatic heterocycles. The van der Waals surface area contributed by atoms with E-state index in [1.165, 1.54) is 0 Å². The van der Waals surface area contributed by atoms with Gasteiger partial charge in [0.05, 0.1) is 14.2 Å². The van der Waals surface area contributed by atoms with Crippen LogP contribution in [0.15, 0.2) is 72.8 Å². The van der Waals surface area contributed by atoms with Crippen molar-refractivity contribution in [1.82, 2.24) is 10.2 Å². The Morgan fingerprint density at radius 1 is 0.868 bits per heavy atom. The number of nitrogens with zero attached hydrogens (tertiary/aromatic N) is 1. The summed E-state index contributed by atoms with van der Waals surface area (Å²) in [4.78, 5) is 29.1. The predicted octanol–water partition coefficient (Wildman–Crippen LogP) is 5.50. The third-order valence-electron chi connectivity index (χ3n) is 6.65. The summed E-state index contributed by atoms with van der Waals surface area (Å²) in [6.45, 7) is 5.09. The summed E-state index contributed by atoms with van der Waals surface area (Å²) in [7, 11) is 3.20. The smallest absolute Gasteiger partial charge is 0.243 e. The van der Waals surface area contributed by atoms with E-state index in [0.717, 1.165) is 35.1 Å². The van der Waals surface area contributed by atoms with Gasteiger partial charge in [-0.1, -0.05) is 79.6 Å². The van der Waals surface area contributed by atoms with Crippen LogP contribution in [0.2, 0.25) is 0 Å². The standard InChI is InChI=1S/C32H40N2O4/c1-5-6-20-33-32(36)28(21-25-10-8-7-9-11-25)34(23-27-14-12-24(2)13-15-27)31(35)19-17-26-16-18-29(37-3)30(22-26)38-4/h7-16,18,22,28H,5-6,17,19-21,23H2,1-4H3,(H,33,36). The lowest BCUT2D eigenvalue weighted by atomic mass is 10.0. The number of hydrogen-bond acceptors (Lipinski definition) is 4. The summed E-state index contributed by atoms with van der Waals surface area (Å²) in [5.41, 5.74) is 4.13. The number of carbonyl (C=O) groups is 2. The summed E-state index contributed by atoms with van der Waals surface area (Å²) in [6, 6.07) is 23.1. The molecule has 2 amide bonds. The van der Waals surface area contributed by atoms with Crippen LogP contribution >= 0.6 is 0 Å². The minimum absolute atomic E-state index is 0.0630. The maximum atomic E-state index is 13.8. The van der Waals surface area contributed by atoms with Crippen LogP contribution in [0.25, 0.3) is 0 Å². The second kappa shape index (κ2) is 14.8. The highest BCUT2D eigenvalue weighted by Crippen LogP contribution is 2.28. The van der Waals surface area contributed by atoms with Crippen LogP contribution in [-0.4, -0.2) is 43.5 Å². The molecule has 3 rings (SSSR count). The van der Waals surface area contributed by atoms with Crippen molar-refractivity contribution >= 4 is 11.8 Å². The summed E-state index contributed by atoms with van der Waals surface area (Å²) >= 11 is 0. The number of nitrogens with one attached hydrogen (secondary N) is 1. The minimum atomic E-state index is -0.617. The van der Waals surface area contributed by atoms with E-state index in [0.29, 0.717) is 37.4 Å². The van der Waals surface area contributed by atoms with E-state index in [4.69, 9.17) is 9.47 Å². The van der Waals surface area contributed by atoms with E-state index in [9.17, 15) is 9.59 Å². The van der Waals surface area contributed by atoms with Gasteiger partial charge in [0.1, 0.15) is 6.04 Å². The molecule has 0 aromatic heterocycles. The fourth-order valence-corrected chi connectivity index (χ4v) is 4.38. The van der Waals surface area contributed by atoms with Gasteiger partial charge in [0.25, 0.3) is 0 Å². The number of rotatable bonds is 14.